The van der Waals surface area contributed by atoms with Crippen LogP contribution >= 0.6 is 0 Å². The lowest BCUT2D eigenvalue weighted by atomic mass is 9.93. The Labute approximate surface area is 146 Å². The fraction of sp³-hybridized carbons (Fsp3) is 0.611. The van der Waals surface area contributed by atoms with E-state index in [0.717, 1.165) is 32.0 Å². The van der Waals surface area contributed by atoms with Crippen molar-refractivity contribution in [1.29, 1.82) is 0 Å². The van der Waals surface area contributed by atoms with Crippen molar-refractivity contribution >= 4 is 15.8 Å². The Morgan fingerprint density at radius 2 is 2.00 bits per heavy atom. The highest BCUT2D eigenvalue weighted by molar-refractivity contribution is 7.91. The van der Waals surface area contributed by atoms with Gasteiger partial charge in [-0.1, -0.05) is 32.0 Å². The average molecular weight is 352 g/mol. The molecule has 5 nitrogen and oxygen atoms in total. The summed E-state index contributed by atoms with van der Waals surface area (Å²) in [6.07, 6.45) is 1.68. The van der Waals surface area contributed by atoms with Crippen LogP contribution in [-0.2, 0) is 9.84 Å². The summed E-state index contributed by atoms with van der Waals surface area (Å²) in [5, 5.41) is 3.32. The van der Waals surface area contributed by atoms with Gasteiger partial charge in [-0.15, -0.1) is 0 Å². The predicted octanol–water partition coefficient (Wildman–Crippen LogP) is 2.55. The lowest BCUT2D eigenvalue weighted by molar-refractivity contribution is 0.370. The first-order chi connectivity index (χ1) is 11.3. The van der Waals surface area contributed by atoms with Crippen molar-refractivity contribution in [1.82, 2.24) is 10.2 Å². The lowest BCUT2D eigenvalue weighted by Gasteiger charge is -2.23. The van der Waals surface area contributed by atoms with Crippen LogP contribution in [0.15, 0.2) is 40.2 Å². The molecule has 1 N–H and O–H groups in total. The fourth-order valence-corrected chi connectivity index (χ4v) is 4.22. The van der Waals surface area contributed by atoms with Gasteiger partial charge in [-0.25, -0.2) is 8.42 Å². The van der Waals surface area contributed by atoms with E-state index < -0.39 is 9.84 Å². The molecule has 0 spiro atoms. The highest BCUT2D eigenvalue weighted by Gasteiger charge is 2.30. The molecule has 1 aliphatic heterocycles. The third kappa shape index (κ3) is 5.23. The van der Waals surface area contributed by atoms with Crippen molar-refractivity contribution in [3.05, 3.63) is 30.3 Å². The molecule has 2 rings (SSSR count). The maximum Gasteiger partial charge on any atom is 0.193 e. The number of nitrogens with zero attached hydrogens (tertiary/aromatic N) is 2. The highest BCUT2D eigenvalue weighted by atomic mass is 32.2. The average Bonchev–Trinajstić information content (AvgIpc) is 2.91. The van der Waals surface area contributed by atoms with Crippen molar-refractivity contribution in [2.75, 3.05) is 31.9 Å². The minimum Gasteiger partial charge on any atom is -0.357 e. The maximum absolute atomic E-state index is 12.3. The Balaban J connectivity index is 1.91. The Bertz CT molecular complexity index is 654. The fourth-order valence-electron chi connectivity index (χ4n) is 2.90. The molecule has 6 heteroatoms. The molecular formula is C18H29N3O2S. The van der Waals surface area contributed by atoms with Gasteiger partial charge in [0.15, 0.2) is 15.8 Å². The van der Waals surface area contributed by atoms with Crippen molar-refractivity contribution in [2.24, 2.45) is 10.4 Å². The summed E-state index contributed by atoms with van der Waals surface area (Å²) in [4.78, 5) is 7.29. The second-order valence-electron chi connectivity index (χ2n) is 7.06. The molecule has 134 valence electrons. The number of benzene rings is 1. The zero-order chi connectivity index (χ0) is 17.6. The molecule has 1 aliphatic rings. The van der Waals surface area contributed by atoms with Crippen LogP contribution in [0.25, 0.3) is 0 Å². The second kappa shape index (κ2) is 8.01. The number of nitrogens with one attached hydrogen (secondary N) is 1. The van der Waals surface area contributed by atoms with Crippen LogP contribution in [0.3, 0.4) is 0 Å². The smallest absolute Gasteiger partial charge is 0.193 e. The number of guanidine groups is 1. The molecule has 0 saturated carbocycles. The minimum atomic E-state index is -3.21. The summed E-state index contributed by atoms with van der Waals surface area (Å²) in [5.41, 5.74) is 0.312. The predicted molar refractivity (Wildman–Crippen MR) is 99.1 cm³/mol. The summed E-state index contributed by atoms with van der Waals surface area (Å²) in [5.74, 6) is 1.03. The van der Waals surface area contributed by atoms with E-state index in [1.54, 1.807) is 24.3 Å². The van der Waals surface area contributed by atoms with Crippen LogP contribution in [0.1, 0.15) is 33.6 Å². The Morgan fingerprint density at radius 3 is 2.58 bits per heavy atom. The Hall–Kier alpha value is -1.56. The third-order valence-corrected chi connectivity index (χ3v) is 6.06. The summed E-state index contributed by atoms with van der Waals surface area (Å²) >= 11 is 0. The van der Waals surface area contributed by atoms with Gasteiger partial charge in [0.05, 0.1) is 10.6 Å². The van der Waals surface area contributed by atoms with Crippen molar-refractivity contribution < 1.29 is 8.42 Å². The van der Waals surface area contributed by atoms with E-state index in [1.807, 2.05) is 6.07 Å². The molecule has 1 aromatic rings. The van der Waals surface area contributed by atoms with Gasteiger partial charge in [0.2, 0.25) is 0 Å². The molecule has 0 amide bonds. The zero-order valence-electron chi connectivity index (χ0n) is 15.0. The Kier molecular flexibility index (Phi) is 6.27. The molecule has 1 aromatic carbocycles. The van der Waals surface area contributed by atoms with Crippen molar-refractivity contribution in [2.45, 2.75) is 38.5 Å². The topological polar surface area (TPSA) is 61.8 Å². The van der Waals surface area contributed by atoms with Crippen LogP contribution in [0, 0.1) is 5.41 Å². The van der Waals surface area contributed by atoms with Gasteiger partial charge in [-0.3, -0.25) is 4.99 Å². The maximum atomic E-state index is 12.3. The zero-order valence-corrected chi connectivity index (χ0v) is 15.8. The molecule has 0 aromatic heterocycles. The SMILES string of the molecule is CCNC(=NCCCS(=O)(=O)c1ccccc1)N1CCC(C)(C)C1. The summed E-state index contributed by atoms with van der Waals surface area (Å²) in [6.45, 7) is 9.91. The van der Waals surface area contributed by atoms with Crippen LogP contribution in [-0.4, -0.2) is 51.2 Å². The van der Waals surface area contributed by atoms with E-state index in [-0.39, 0.29) is 5.75 Å². The first kappa shape index (κ1) is 18.8. The standard InChI is InChI=1S/C18H29N3O2S/c1-4-19-17(21-13-11-18(2,3)15-21)20-12-8-14-24(22,23)16-9-6-5-7-10-16/h5-7,9-10H,4,8,11-15H2,1-3H3,(H,19,20). The van der Waals surface area contributed by atoms with Gasteiger partial charge in [0, 0.05) is 26.2 Å². The number of hydrogen-bond acceptors (Lipinski definition) is 3. The number of rotatable bonds is 6. The van der Waals surface area contributed by atoms with Crippen LogP contribution in [0.2, 0.25) is 0 Å². The minimum absolute atomic E-state index is 0.130. The molecule has 0 radical (unpaired) electrons. The molecular weight excluding hydrogens is 322 g/mol. The lowest BCUT2D eigenvalue weighted by Crippen LogP contribution is -2.40. The third-order valence-electron chi connectivity index (χ3n) is 4.25. The highest BCUT2D eigenvalue weighted by Crippen LogP contribution is 2.28. The van der Waals surface area contributed by atoms with Gasteiger partial charge in [0.25, 0.3) is 0 Å². The largest absolute Gasteiger partial charge is 0.357 e. The molecule has 1 fully saturated rings. The number of hydrogen-bond donors (Lipinski definition) is 1. The van der Waals surface area contributed by atoms with Gasteiger partial charge in [-0.2, -0.15) is 0 Å². The summed E-state index contributed by atoms with van der Waals surface area (Å²) < 4.78 is 24.5. The number of aliphatic imine (C=N–C) groups is 1. The molecule has 1 heterocycles. The molecule has 1 saturated heterocycles. The first-order valence-corrected chi connectivity index (χ1v) is 10.3. The Morgan fingerprint density at radius 1 is 1.29 bits per heavy atom. The second-order valence-corrected chi connectivity index (χ2v) is 9.17. The van der Waals surface area contributed by atoms with Crippen molar-refractivity contribution in [3.63, 3.8) is 0 Å². The van der Waals surface area contributed by atoms with E-state index in [2.05, 4.69) is 36.0 Å². The summed E-state index contributed by atoms with van der Waals surface area (Å²) in [7, 11) is -3.21. The van der Waals surface area contributed by atoms with Gasteiger partial charge in [-0.05, 0) is 37.3 Å². The normalized spacial score (nSPS) is 18.0. The number of likely N-dealkylation sites (tertiary alicyclic amines) is 1. The molecule has 0 bridgehead atoms. The number of sulfone groups is 1. The first-order valence-electron chi connectivity index (χ1n) is 8.65. The molecule has 0 aliphatic carbocycles. The van der Waals surface area contributed by atoms with E-state index >= 15 is 0 Å². The molecule has 24 heavy (non-hydrogen) atoms. The van der Waals surface area contributed by atoms with E-state index in [4.69, 9.17) is 0 Å². The van der Waals surface area contributed by atoms with Crippen LogP contribution in [0.5, 0.6) is 0 Å². The monoisotopic (exact) mass is 351 g/mol. The van der Waals surface area contributed by atoms with Gasteiger partial charge < -0.3 is 10.2 Å². The quantitative estimate of drug-likeness (QED) is 0.486. The van der Waals surface area contributed by atoms with Gasteiger partial charge >= 0.3 is 0 Å². The molecule has 0 atom stereocenters. The summed E-state index contributed by atoms with van der Waals surface area (Å²) in [6, 6.07) is 8.63. The van der Waals surface area contributed by atoms with Crippen molar-refractivity contribution in [3.8, 4) is 0 Å². The molecule has 0 unspecified atom stereocenters. The van der Waals surface area contributed by atoms with E-state index in [1.165, 1.54) is 0 Å². The van der Waals surface area contributed by atoms with Gasteiger partial charge in [0.1, 0.15) is 0 Å². The van der Waals surface area contributed by atoms with Crippen LogP contribution in [0.4, 0.5) is 0 Å². The van der Waals surface area contributed by atoms with E-state index in [0.29, 0.717) is 23.3 Å². The van der Waals surface area contributed by atoms with Crippen LogP contribution < -0.4 is 5.32 Å². The van der Waals surface area contributed by atoms with E-state index in [9.17, 15) is 8.42 Å².